The molecule has 0 saturated heterocycles. The Morgan fingerprint density at radius 1 is 1.22 bits per heavy atom. The Balaban J connectivity index is 3.89. The predicted octanol–water partition coefficient (Wildman–Crippen LogP) is 2.24. The smallest absolute Gasteiger partial charge is 0.407 e. The lowest BCUT2D eigenvalue weighted by atomic mass is 10.1. The van der Waals surface area contributed by atoms with Gasteiger partial charge in [0, 0.05) is 38.8 Å². The molecule has 2 N–H and O–H groups in total. The van der Waals surface area contributed by atoms with Gasteiger partial charge in [-0.2, -0.15) is 0 Å². The molecule has 0 rings (SSSR count). The second-order valence-electron chi connectivity index (χ2n) is 7.25. The molecule has 0 bridgehead atoms. The molecule has 23 heavy (non-hydrogen) atoms. The monoisotopic (exact) mass is 331 g/mol. The molecule has 0 aromatic carbocycles. The Hall–Kier alpha value is -0.850. The number of rotatable bonds is 11. The Bertz CT molecular complexity index is 317. The van der Waals surface area contributed by atoms with Crippen LogP contribution in [0.1, 0.15) is 47.5 Å². The minimum atomic E-state index is -0.452. The molecule has 0 aliphatic rings. The molecule has 0 spiro atoms. The van der Waals surface area contributed by atoms with E-state index in [-0.39, 0.29) is 6.09 Å². The molecule has 1 atom stereocenters. The number of likely N-dealkylation sites (N-methyl/N-ethyl adjacent to an activating group) is 1. The summed E-state index contributed by atoms with van der Waals surface area (Å²) < 4.78 is 10.5. The number of nitrogens with zero attached hydrogens (tertiary/aromatic N) is 1. The second kappa shape index (κ2) is 11.6. The molecule has 0 aromatic rings. The van der Waals surface area contributed by atoms with E-state index >= 15 is 0 Å². The molecule has 0 heterocycles. The van der Waals surface area contributed by atoms with Crippen LogP contribution in [-0.4, -0.2) is 69.1 Å². The number of hydrogen-bond donors (Lipinski definition) is 2. The van der Waals surface area contributed by atoms with E-state index in [1.165, 1.54) is 0 Å². The van der Waals surface area contributed by atoms with E-state index in [9.17, 15) is 4.79 Å². The van der Waals surface area contributed by atoms with Crippen LogP contribution in [-0.2, 0) is 9.47 Å². The van der Waals surface area contributed by atoms with E-state index in [2.05, 4.69) is 36.4 Å². The van der Waals surface area contributed by atoms with Crippen molar-refractivity contribution in [1.82, 2.24) is 15.5 Å². The van der Waals surface area contributed by atoms with Gasteiger partial charge in [-0.15, -0.1) is 0 Å². The largest absolute Gasteiger partial charge is 0.444 e. The first-order chi connectivity index (χ1) is 10.7. The van der Waals surface area contributed by atoms with E-state index in [1.54, 1.807) is 7.11 Å². The fourth-order valence-corrected chi connectivity index (χ4v) is 2.00. The molecule has 0 aromatic heterocycles. The summed E-state index contributed by atoms with van der Waals surface area (Å²) in [5.41, 5.74) is -0.452. The Morgan fingerprint density at radius 2 is 1.87 bits per heavy atom. The van der Waals surface area contributed by atoms with Gasteiger partial charge in [0.2, 0.25) is 0 Å². The summed E-state index contributed by atoms with van der Waals surface area (Å²) >= 11 is 0. The average Bonchev–Trinajstić information content (AvgIpc) is 2.41. The lowest BCUT2D eigenvalue weighted by molar-refractivity contribution is 0.0526. The van der Waals surface area contributed by atoms with Gasteiger partial charge in [0.25, 0.3) is 0 Å². The Kier molecular flexibility index (Phi) is 11.2. The first kappa shape index (κ1) is 22.1. The van der Waals surface area contributed by atoms with Crippen LogP contribution in [0.3, 0.4) is 0 Å². The molecule has 0 radical (unpaired) electrons. The van der Waals surface area contributed by atoms with Gasteiger partial charge < -0.3 is 25.0 Å². The lowest BCUT2D eigenvalue weighted by Crippen LogP contribution is -2.40. The van der Waals surface area contributed by atoms with Gasteiger partial charge >= 0.3 is 6.09 Å². The number of methoxy groups -OCH3 is 1. The van der Waals surface area contributed by atoms with Gasteiger partial charge in [-0.3, -0.25) is 0 Å². The maximum Gasteiger partial charge on any atom is 0.407 e. The van der Waals surface area contributed by atoms with Gasteiger partial charge in [-0.25, -0.2) is 4.79 Å². The van der Waals surface area contributed by atoms with Crippen LogP contribution in [0.4, 0.5) is 4.79 Å². The third-order valence-electron chi connectivity index (χ3n) is 3.54. The van der Waals surface area contributed by atoms with Gasteiger partial charge in [0.05, 0.1) is 6.61 Å². The lowest BCUT2D eigenvalue weighted by Gasteiger charge is -2.24. The average molecular weight is 332 g/mol. The van der Waals surface area contributed by atoms with Crippen molar-refractivity contribution in [3.05, 3.63) is 0 Å². The zero-order valence-corrected chi connectivity index (χ0v) is 16.1. The van der Waals surface area contributed by atoms with Gasteiger partial charge in [0.15, 0.2) is 0 Å². The highest BCUT2D eigenvalue weighted by Crippen LogP contribution is 2.06. The standard InChI is InChI=1S/C17H37N3O3/c1-14(2)20(6)12-11-18-15(13-22-7)9-8-10-19-16(21)23-17(3,4)5/h14-15,18H,8-13H2,1-7H3,(H,19,21). The van der Waals surface area contributed by atoms with Crippen molar-refractivity contribution in [2.45, 2.75) is 65.1 Å². The summed E-state index contributed by atoms with van der Waals surface area (Å²) in [7, 11) is 3.84. The van der Waals surface area contributed by atoms with Crippen LogP contribution in [0, 0.1) is 0 Å². The quantitative estimate of drug-likeness (QED) is 0.569. The van der Waals surface area contributed by atoms with E-state index in [0.29, 0.717) is 25.2 Å². The van der Waals surface area contributed by atoms with Crippen LogP contribution in [0.15, 0.2) is 0 Å². The summed E-state index contributed by atoms with van der Waals surface area (Å²) in [6.45, 7) is 13.2. The van der Waals surface area contributed by atoms with Crippen molar-refractivity contribution in [3.8, 4) is 0 Å². The predicted molar refractivity (Wildman–Crippen MR) is 94.9 cm³/mol. The zero-order chi connectivity index (χ0) is 17.9. The molecule has 6 nitrogen and oxygen atoms in total. The fourth-order valence-electron chi connectivity index (χ4n) is 2.00. The highest BCUT2D eigenvalue weighted by Gasteiger charge is 2.15. The van der Waals surface area contributed by atoms with Crippen molar-refractivity contribution >= 4 is 6.09 Å². The van der Waals surface area contributed by atoms with Crippen LogP contribution < -0.4 is 10.6 Å². The van der Waals surface area contributed by atoms with Crippen molar-refractivity contribution < 1.29 is 14.3 Å². The molecular formula is C17H37N3O3. The van der Waals surface area contributed by atoms with Crippen LogP contribution in [0.5, 0.6) is 0 Å². The molecule has 0 saturated carbocycles. The number of alkyl carbamates (subject to hydrolysis) is 1. The number of amides is 1. The molecule has 6 heteroatoms. The molecule has 138 valence electrons. The molecule has 0 aliphatic heterocycles. The van der Waals surface area contributed by atoms with Crippen molar-refractivity contribution in [2.75, 3.05) is 40.4 Å². The maximum absolute atomic E-state index is 11.6. The summed E-state index contributed by atoms with van der Waals surface area (Å²) in [6, 6.07) is 0.858. The van der Waals surface area contributed by atoms with E-state index in [0.717, 1.165) is 25.9 Å². The highest BCUT2D eigenvalue weighted by atomic mass is 16.6. The molecule has 0 fully saturated rings. The minimum absolute atomic E-state index is 0.306. The third kappa shape index (κ3) is 13.3. The number of ether oxygens (including phenoxy) is 2. The van der Waals surface area contributed by atoms with Gasteiger partial charge in [-0.1, -0.05) is 0 Å². The Labute approximate surface area is 142 Å². The van der Waals surface area contributed by atoms with E-state index < -0.39 is 5.60 Å². The SMILES string of the molecule is COCC(CCCNC(=O)OC(C)(C)C)NCCN(C)C(C)C. The summed E-state index contributed by atoms with van der Waals surface area (Å²) in [4.78, 5) is 13.9. The molecule has 1 unspecified atom stereocenters. The molecule has 0 aliphatic carbocycles. The van der Waals surface area contributed by atoms with Crippen molar-refractivity contribution in [1.29, 1.82) is 0 Å². The minimum Gasteiger partial charge on any atom is -0.444 e. The summed E-state index contributed by atoms with van der Waals surface area (Å²) in [5, 5.41) is 6.31. The third-order valence-corrected chi connectivity index (χ3v) is 3.54. The molecular weight excluding hydrogens is 294 g/mol. The van der Waals surface area contributed by atoms with Gasteiger partial charge in [-0.05, 0) is 54.5 Å². The van der Waals surface area contributed by atoms with Crippen LogP contribution in [0.25, 0.3) is 0 Å². The zero-order valence-electron chi connectivity index (χ0n) is 16.1. The number of hydrogen-bond acceptors (Lipinski definition) is 5. The maximum atomic E-state index is 11.6. The van der Waals surface area contributed by atoms with E-state index in [4.69, 9.17) is 9.47 Å². The normalized spacial score (nSPS) is 13.4. The first-order valence-electron chi connectivity index (χ1n) is 8.55. The second-order valence-corrected chi connectivity index (χ2v) is 7.25. The van der Waals surface area contributed by atoms with Gasteiger partial charge in [0.1, 0.15) is 5.60 Å². The number of nitrogens with one attached hydrogen (secondary N) is 2. The number of carbonyl (C=O) groups excluding carboxylic acids is 1. The summed E-state index contributed by atoms with van der Waals surface area (Å²) in [5.74, 6) is 0. The van der Waals surface area contributed by atoms with Crippen molar-refractivity contribution in [2.24, 2.45) is 0 Å². The van der Waals surface area contributed by atoms with E-state index in [1.807, 2.05) is 20.8 Å². The van der Waals surface area contributed by atoms with Crippen LogP contribution in [0.2, 0.25) is 0 Å². The molecule has 1 amide bonds. The highest BCUT2D eigenvalue weighted by molar-refractivity contribution is 5.67. The topological polar surface area (TPSA) is 62.8 Å². The number of carbonyl (C=O) groups is 1. The summed E-state index contributed by atoms with van der Waals surface area (Å²) in [6.07, 6.45) is 1.49. The van der Waals surface area contributed by atoms with Crippen LogP contribution >= 0.6 is 0 Å². The fraction of sp³-hybridized carbons (Fsp3) is 0.941. The van der Waals surface area contributed by atoms with Crippen molar-refractivity contribution in [3.63, 3.8) is 0 Å². The first-order valence-corrected chi connectivity index (χ1v) is 8.55. The Morgan fingerprint density at radius 3 is 2.39 bits per heavy atom.